The van der Waals surface area contributed by atoms with Crippen molar-refractivity contribution in [2.24, 2.45) is 0 Å². The van der Waals surface area contributed by atoms with Gasteiger partial charge in [-0.15, -0.1) is 0 Å². The number of imidazole rings is 1. The van der Waals surface area contributed by atoms with Crippen LogP contribution in [0.25, 0.3) is 28.3 Å². The molecule has 5 aromatic rings. The van der Waals surface area contributed by atoms with Crippen LogP contribution < -0.4 is 5.32 Å². The van der Waals surface area contributed by atoms with Crippen LogP contribution in [0.15, 0.2) is 67.1 Å². The third-order valence-electron chi connectivity index (χ3n) is 4.77. The molecule has 0 radical (unpaired) electrons. The molecule has 0 spiro atoms. The Morgan fingerprint density at radius 2 is 1.97 bits per heavy atom. The van der Waals surface area contributed by atoms with Crippen LogP contribution >= 0.6 is 0 Å². The smallest absolute Gasteiger partial charge is 0.155 e. The Bertz CT molecular complexity index is 1340. The zero-order chi connectivity index (χ0) is 20.5. The fraction of sp³-hybridized carbons (Fsp3) is 0.0909. The van der Waals surface area contributed by atoms with Crippen LogP contribution in [0.2, 0.25) is 0 Å². The summed E-state index contributed by atoms with van der Waals surface area (Å²) in [5.74, 6) is 0.370. The Labute approximate surface area is 171 Å². The number of benzene rings is 1. The van der Waals surface area contributed by atoms with Gasteiger partial charge in [-0.2, -0.15) is 5.10 Å². The highest BCUT2D eigenvalue weighted by Crippen LogP contribution is 2.30. The first-order valence-electron chi connectivity index (χ1n) is 9.48. The lowest BCUT2D eigenvalue weighted by molar-refractivity contribution is 0.630. The van der Waals surface area contributed by atoms with Crippen molar-refractivity contribution in [1.82, 2.24) is 29.5 Å². The maximum atomic E-state index is 14.0. The van der Waals surface area contributed by atoms with E-state index >= 15 is 0 Å². The number of para-hydroxylation sites is 1. The van der Waals surface area contributed by atoms with Crippen LogP contribution in [0.4, 0.5) is 10.1 Å². The van der Waals surface area contributed by atoms with Gasteiger partial charge < -0.3 is 10.3 Å². The Morgan fingerprint density at radius 3 is 2.83 bits per heavy atom. The number of pyridine rings is 2. The number of aromatic nitrogens is 6. The van der Waals surface area contributed by atoms with Crippen LogP contribution in [-0.2, 0) is 6.54 Å². The third kappa shape index (κ3) is 3.39. The standard InChI is InChI=1S/C22H18FN7/c1-14-5-4-8-18(27-14)22-21(15-9-10-30-20(11-15)25-13-26-30)28-19(29-22)12-24-17-7-3-2-6-16(17)23/h2-11,13,24H,12H2,1H3,(H,28,29). The monoisotopic (exact) mass is 399 g/mol. The normalized spacial score (nSPS) is 11.1. The molecule has 0 aliphatic rings. The van der Waals surface area contributed by atoms with Gasteiger partial charge in [-0.3, -0.25) is 4.98 Å². The van der Waals surface area contributed by atoms with E-state index in [2.05, 4.69) is 25.4 Å². The van der Waals surface area contributed by atoms with Gasteiger partial charge in [-0.25, -0.2) is 18.9 Å². The van der Waals surface area contributed by atoms with Crippen molar-refractivity contribution in [3.8, 4) is 22.6 Å². The Balaban J connectivity index is 1.56. The molecule has 0 aliphatic heterocycles. The molecule has 0 unspecified atom stereocenters. The van der Waals surface area contributed by atoms with E-state index in [0.717, 1.165) is 34.0 Å². The van der Waals surface area contributed by atoms with E-state index in [4.69, 9.17) is 4.98 Å². The molecule has 0 atom stereocenters. The average molecular weight is 399 g/mol. The van der Waals surface area contributed by atoms with Gasteiger partial charge in [0.25, 0.3) is 0 Å². The maximum Gasteiger partial charge on any atom is 0.155 e. The molecule has 0 bridgehead atoms. The van der Waals surface area contributed by atoms with E-state index in [1.807, 2.05) is 43.5 Å². The van der Waals surface area contributed by atoms with Crippen LogP contribution in [0, 0.1) is 12.7 Å². The van der Waals surface area contributed by atoms with E-state index in [1.165, 1.54) is 12.4 Å². The second kappa shape index (κ2) is 7.40. The fourth-order valence-corrected chi connectivity index (χ4v) is 3.33. The number of aryl methyl sites for hydroxylation is 1. The summed E-state index contributed by atoms with van der Waals surface area (Å²) in [5.41, 5.74) is 5.29. The lowest BCUT2D eigenvalue weighted by Crippen LogP contribution is -2.03. The predicted octanol–water partition coefficient (Wildman–Crippen LogP) is 4.24. The van der Waals surface area contributed by atoms with E-state index in [9.17, 15) is 4.39 Å². The van der Waals surface area contributed by atoms with Gasteiger partial charge >= 0.3 is 0 Å². The molecule has 5 rings (SSSR count). The van der Waals surface area contributed by atoms with Crippen molar-refractivity contribution in [2.45, 2.75) is 13.5 Å². The van der Waals surface area contributed by atoms with Gasteiger partial charge in [0.2, 0.25) is 0 Å². The largest absolute Gasteiger partial charge is 0.375 e. The highest BCUT2D eigenvalue weighted by molar-refractivity contribution is 5.78. The maximum absolute atomic E-state index is 14.0. The van der Waals surface area contributed by atoms with Gasteiger partial charge in [-0.05, 0) is 43.3 Å². The minimum absolute atomic E-state index is 0.304. The van der Waals surface area contributed by atoms with Crippen molar-refractivity contribution >= 4 is 11.3 Å². The summed E-state index contributed by atoms with van der Waals surface area (Å²) in [5, 5.41) is 7.24. The van der Waals surface area contributed by atoms with Crippen molar-refractivity contribution in [1.29, 1.82) is 0 Å². The van der Waals surface area contributed by atoms with E-state index < -0.39 is 0 Å². The number of fused-ring (bicyclic) bond motifs is 1. The number of nitrogens with one attached hydrogen (secondary N) is 2. The number of hydrogen-bond donors (Lipinski definition) is 2. The summed E-state index contributed by atoms with van der Waals surface area (Å²) in [6.45, 7) is 2.29. The summed E-state index contributed by atoms with van der Waals surface area (Å²) < 4.78 is 15.6. The van der Waals surface area contributed by atoms with Crippen LogP contribution in [-0.4, -0.2) is 29.5 Å². The molecule has 30 heavy (non-hydrogen) atoms. The number of anilines is 1. The lowest BCUT2D eigenvalue weighted by Gasteiger charge is -2.05. The predicted molar refractivity (Wildman–Crippen MR) is 112 cm³/mol. The van der Waals surface area contributed by atoms with E-state index in [-0.39, 0.29) is 5.82 Å². The van der Waals surface area contributed by atoms with Crippen LogP contribution in [0.1, 0.15) is 11.5 Å². The second-order valence-electron chi connectivity index (χ2n) is 6.88. The number of hydrogen-bond acceptors (Lipinski definition) is 5. The lowest BCUT2D eigenvalue weighted by atomic mass is 10.1. The first-order valence-corrected chi connectivity index (χ1v) is 9.48. The number of halogens is 1. The molecule has 2 N–H and O–H groups in total. The number of rotatable bonds is 5. The molecule has 7 nitrogen and oxygen atoms in total. The Hall–Kier alpha value is -4.07. The quantitative estimate of drug-likeness (QED) is 0.462. The minimum Gasteiger partial charge on any atom is -0.375 e. The van der Waals surface area contributed by atoms with Crippen molar-refractivity contribution in [3.63, 3.8) is 0 Å². The topological polar surface area (TPSA) is 83.8 Å². The van der Waals surface area contributed by atoms with E-state index in [0.29, 0.717) is 18.1 Å². The molecule has 0 fully saturated rings. The van der Waals surface area contributed by atoms with Gasteiger partial charge in [0.1, 0.15) is 18.0 Å². The number of H-pyrrole nitrogens is 1. The first-order chi connectivity index (χ1) is 14.7. The summed E-state index contributed by atoms with van der Waals surface area (Å²) in [6.07, 6.45) is 3.35. The van der Waals surface area contributed by atoms with Gasteiger partial charge in [0, 0.05) is 17.5 Å². The van der Waals surface area contributed by atoms with Gasteiger partial charge in [0.05, 0.1) is 29.3 Å². The molecule has 148 valence electrons. The first kappa shape index (κ1) is 18.0. The molecule has 0 aliphatic carbocycles. The molecule has 4 heterocycles. The van der Waals surface area contributed by atoms with Crippen molar-refractivity contribution in [3.05, 3.63) is 84.5 Å². The molecule has 4 aromatic heterocycles. The fourth-order valence-electron chi connectivity index (χ4n) is 3.33. The highest BCUT2D eigenvalue weighted by Gasteiger charge is 2.16. The molecular formula is C22H18FN7. The summed E-state index contributed by atoms with van der Waals surface area (Å²) in [4.78, 5) is 17.0. The van der Waals surface area contributed by atoms with Gasteiger partial charge in [-0.1, -0.05) is 18.2 Å². The van der Waals surface area contributed by atoms with Crippen LogP contribution in [0.5, 0.6) is 0 Å². The van der Waals surface area contributed by atoms with E-state index in [1.54, 1.807) is 22.7 Å². The zero-order valence-corrected chi connectivity index (χ0v) is 16.2. The Morgan fingerprint density at radius 1 is 1.07 bits per heavy atom. The number of nitrogens with zero attached hydrogens (tertiary/aromatic N) is 5. The molecular weight excluding hydrogens is 381 g/mol. The third-order valence-corrected chi connectivity index (χ3v) is 4.77. The summed E-state index contributed by atoms with van der Waals surface area (Å²) in [6, 6.07) is 16.3. The SMILES string of the molecule is Cc1cccc(-c2[nH]c(CNc3ccccc3F)nc2-c2ccn3ncnc3c2)n1. The van der Waals surface area contributed by atoms with Gasteiger partial charge in [0.15, 0.2) is 5.65 Å². The Kier molecular flexibility index (Phi) is 4.44. The highest BCUT2D eigenvalue weighted by atomic mass is 19.1. The molecule has 0 saturated heterocycles. The molecule has 1 aromatic carbocycles. The molecule has 0 amide bonds. The number of aromatic amines is 1. The summed E-state index contributed by atoms with van der Waals surface area (Å²) in [7, 11) is 0. The zero-order valence-electron chi connectivity index (χ0n) is 16.2. The second-order valence-corrected chi connectivity index (χ2v) is 6.88. The van der Waals surface area contributed by atoms with Crippen molar-refractivity contribution < 1.29 is 4.39 Å². The summed E-state index contributed by atoms with van der Waals surface area (Å²) >= 11 is 0. The average Bonchev–Trinajstić information content (AvgIpc) is 3.39. The minimum atomic E-state index is -0.304. The molecule has 8 heteroatoms. The van der Waals surface area contributed by atoms with Crippen LogP contribution in [0.3, 0.4) is 0 Å². The molecule has 0 saturated carbocycles. The van der Waals surface area contributed by atoms with Crippen molar-refractivity contribution in [2.75, 3.05) is 5.32 Å².